The maximum absolute atomic E-state index is 12.9. The smallest absolute Gasteiger partial charge is 0.274 e. The highest BCUT2D eigenvalue weighted by atomic mass is 16.2. The van der Waals surface area contributed by atoms with Gasteiger partial charge in [-0.15, -0.1) is 5.10 Å². The van der Waals surface area contributed by atoms with Crippen LogP contribution < -0.4 is 0 Å². The van der Waals surface area contributed by atoms with Crippen LogP contribution >= 0.6 is 0 Å². The van der Waals surface area contributed by atoms with Crippen molar-refractivity contribution < 1.29 is 4.79 Å². The molecule has 0 radical (unpaired) electrons. The minimum Gasteiger partial charge on any atom is -0.337 e. The first kappa shape index (κ1) is 17.6. The Balaban J connectivity index is 1.44. The van der Waals surface area contributed by atoms with Crippen molar-refractivity contribution >= 4 is 11.7 Å². The first-order chi connectivity index (χ1) is 12.9. The second-order valence-electron chi connectivity index (χ2n) is 8.29. The highest BCUT2D eigenvalue weighted by Gasteiger charge is 2.27. The van der Waals surface area contributed by atoms with Gasteiger partial charge in [0.25, 0.3) is 5.91 Å². The van der Waals surface area contributed by atoms with Gasteiger partial charge in [-0.1, -0.05) is 26.0 Å². The summed E-state index contributed by atoms with van der Waals surface area (Å²) in [6.45, 7) is 8.65. The maximum atomic E-state index is 12.9. The molecule has 0 unspecified atom stereocenters. The third kappa shape index (κ3) is 3.70. The second-order valence-corrected chi connectivity index (χ2v) is 8.29. The molecule has 0 aliphatic carbocycles. The Morgan fingerprint density at radius 2 is 2.15 bits per heavy atom. The Kier molecular flexibility index (Phi) is 4.41. The Labute approximate surface area is 158 Å². The molecule has 3 aromatic rings. The zero-order chi connectivity index (χ0) is 19.0. The van der Waals surface area contributed by atoms with Crippen LogP contribution in [-0.2, 0) is 12.0 Å². The van der Waals surface area contributed by atoms with Crippen molar-refractivity contribution in [2.24, 2.45) is 5.92 Å². The van der Waals surface area contributed by atoms with Gasteiger partial charge < -0.3 is 4.90 Å². The molecule has 1 aliphatic heterocycles. The van der Waals surface area contributed by atoms with Crippen molar-refractivity contribution in [3.8, 4) is 0 Å². The average molecular weight is 367 g/mol. The number of likely N-dealkylation sites (tertiary alicyclic amines) is 1. The predicted octanol–water partition coefficient (Wildman–Crippen LogP) is 2.17. The molecule has 0 bridgehead atoms. The molecular weight excluding hydrogens is 342 g/mol. The van der Waals surface area contributed by atoms with Crippen LogP contribution in [0.3, 0.4) is 0 Å². The lowest BCUT2D eigenvalue weighted by Gasteiger charge is -2.32. The van der Waals surface area contributed by atoms with Gasteiger partial charge in [0.05, 0.1) is 5.69 Å². The number of fused-ring (bicyclic) bond motifs is 1. The number of rotatable bonds is 3. The van der Waals surface area contributed by atoms with Gasteiger partial charge in [0.15, 0.2) is 0 Å². The van der Waals surface area contributed by atoms with Crippen LogP contribution in [0.2, 0.25) is 0 Å². The van der Waals surface area contributed by atoms with Crippen molar-refractivity contribution in [1.29, 1.82) is 0 Å². The summed E-state index contributed by atoms with van der Waals surface area (Å²) >= 11 is 0. The van der Waals surface area contributed by atoms with Crippen LogP contribution in [-0.4, -0.2) is 53.3 Å². The van der Waals surface area contributed by atoms with Gasteiger partial charge in [0.2, 0.25) is 5.78 Å². The molecule has 1 atom stereocenters. The van der Waals surface area contributed by atoms with Gasteiger partial charge in [0.1, 0.15) is 5.69 Å². The van der Waals surface area contributed by atoms with Crippen LogP contribution in [0.1, 0.15) is 49.8 Å². The molecule has 1 aliphatic rings. The van der Waals surface area contributed by atoms with E-state index >= 15 is 0 Å². The molecule has 0 saturated carbocycles. The maximum Gasteiger partial charge on any atom is 0.274 e. The van der Waals surface area contributed by atoms with Crippen LogP contribution in [0.15, 0.2) is 30.9 Å². The number of hydrogen-bond donors (Lipinski definition) is 0. The van der Waals surface area contributed by atoms with Crippen molar-refractivity contribution in [2.45, 2.75) is 45.6 Å². The summed E-state index contributed by atoms with van der Waals surface area (Å²) in [5.41, 5.74) is 1.43. The highest BCUT2D eigenvalue weighted by Crippen LogP contribution is 2.22. The minimum atomic E-state index is -0.0285. The fraction of sp³-hybridized carbons (Fsp3) is 0.526. The summed E-state index contributed by atoms with van der Waals surface area (Å²) in [6.07, 6.45) is 9.38. The molecule has 4 rings (SSSR count). The Hall–Kier alpha value is -2.77. The molecule has 0 N–H and O–H groups in total. The summed E-state index contributed by atoms with van der Waals surface area (Å²) in [7, 11) is 0. The highest BCUT2D eigenvalue weighted by molar-refractivity contribution is 5.92. The molecule has 0 spiro atoms. The van der Waals surface area contributed by atoms with Gasteiger partial charge in [-0.2, -0.15) is 0 Å². The molecule has 8 heteroatoms. The molecule has 1 fully saturated rings. The number of carbonyl (C=O) groups excluding carboxylic acids is 1. The zero-order valence-electron chi connectivity index (χ0n) is 16.0. The number of aromatic nitrogens is 6. The molecule has 1 saturated heterocycles. The molecule has 142 valence electrons. The molecule has 1 amide bonds. The van der Waals surface area contributed by atoms with E-state index in [4.69, 9.17) is 0 Å². The van der Waals surface area contributed by atoms with Crippen LogP contribution in [0, 0.1) is 5.92 Å². The largest absolute Gasteiger partial charge is 0.337 e. The Morgan fingerprint density at radius 1 is 1.30 bits per heavy atom. The Morgan fingerprint density at radius 3 is 2.89 bits per heavy atom. The fourth-order valence-corrected chi connectivity index (χ4v) is 3.49. The van der Waals surface area contributed by atoms with E-state index in [1.165, 1.54) is 0 Å². The summed E-state index contributed by atoms with van der Waals surface area (Å²) in [6, 6.07) is 1.82. The van der Waals surface area contributed by atoms with Crippen LogP contribution in [0.25, 0.3) is 5.78 Å². The monoisotopic (exact) mass is 367 g/mol. The second kappa shape index (κ2) is 6.75. The standard InChI is InChI=1S/C19H25N7O/c1-19(2,3)16-13-26(23-22-16)11-14-6-4-8-24(10-14)17(27)15-12-25-9-5-7-20-18(25)21-15/h5,7,9,12-14H,4,6,8,10-11H2,1-3H3/t14-/m0/s1. The molecule has 4 heterocycles. The van der Waals surface area contributed by atoms with Crippen molar-refractivity contribution in [2.75, 3.05) is 13.1 Å². The SMILES string of the molecule is CC(C)(C)c1cn(C[C@H]2CCCN(C(=O)c3cn4cccnc4n3)C2)nn1. The van der Waals surface area contributed by atoms with E-state index in [1.807, 2.05) is 28.0 Å². The lowest BCUT2D eigenvalue weighted by molar-refractivity contribution is 0.0654. The third-order valence-corrected chi connectivity index (χ3v) is 5.01. The number of amides is 1. The van der Waals surface area contributed by atoms with Gasteiger partial charge in [-0.25, -0.2) is 9.97 Å². The van der Waals surface area contributed by atoms with Gasteiger partial charge in [-0.05, 0) is 24.8 Å². The molecule has 3 aromatic heterocycles. The van der Waals surface area contributed by atoms with E-state index in [0.717, 1.165) is 31.6 Å². The van der Waals surface area contributed by atoms with Crippen LogP contribution in [0.4, 0.5) is 0 Å². The summed E-state index contributed by atoms with van der Waals surface area (Å²) < 4.78 is 3.69. The minimum absolute atomic E-state index is 0.00994. The van der Waals surface area contributed by atoms with Crippen molar-refractivity contribution in [3.05, 3.63) is 42.2 Å². The number of piperidine rings is 1. The van der Waals surface area contributed by atoms with Crippen molar-refractivity contribution in [1.82, 2.24) is 34.3 Å². The molecular formula is C19H25N7O. The molecule has 0 aromatic carbocycles. The van der Waals surface area contributed by atoms with E-state index in [2.05, 4.69) is 41.1 Å². The quantitative estimate of drug-likeness (QED) is 0.709. The third-order valence-electron chi connectivity index (χ3n) is 5.01. The number of carbonyl (C=O) groups is 1. The summed E-state index contributed by atoms with van der Waals surface area (Å²) in [5, 5.41) is 8.56. The number of hydrogen-bond acceptors (Lipinski definition) is 5. The number of nitrogens with zero attached hydrogens (tertiary/aromatic N) is 7. The number of imidazole rings is 1. The zero-order valence-corrected chi connectivity index (χ0v) is 16.0. The van der Waals surface area contributed by atoms with Gasteiger partial charge in [0, 0.05) is 49.8 Å². The van der Waals surface area contributed by atoms with E-state index in [-0.39, 0.29) is 11.3 Å². The normalized spacial score (nSPS) is 18.2. The first-order valence-electron chi connectivity index (χ1n) is 9.40. The van der Waals surface area contributed by atoms with E-state index in [0.29, 0.717) is 23.9 Å². The lowest BCUT2D eigenvalue weighted by atomic mass is 9.93. The van der Waals surface area contributed by atoms with Crippen molar-refractivity contribution in [3.63, 3.8) is 0 Å². The molecule has 8 nitrogen and oxygen atoms in total. The first-order valence-corrected chi connectivity index (χ1v) is 9.40. The van der Waals surface area contributed by atoms with Gasteiger partial charge >= 0.3 is 0 Å². The van der Waals surface area contributed by atoms with E-state index in [1.54, 1.807) is 16.8 Å². The van der Waals surface area contributed by atoms with Crippen LogP contribution in [0.5, 0.6) is 0 Å². The average Bonchev–Trinajstić information content (AvgIpc) is 3.27. The Bertz CT molecular complexity index is 919. The van der Waals surface area contributed by atoms with E-state index in [9.17, 15) is 4.79 Å². The fourth-order valence-electron chi connectivity index (χ4n) is 3.49. The summed E-state index contributed by atoms with van der Waals surface area (Å²) in [4.78, 5) is 23.3. The topological polar surface area (TPSA) is 81.2 Å². The predicted molar refractivity (Wildman–Crippen MR) is 100 cm³/mol. The summed E-state index contributed by atoms with van der Waals surface area (Å²) in [5.74, 6) is 0.887. The molecule has 27 heavy (non-hydrogen) atoms. The van der Waals surface area contributed by atoms with Gasteiger partial charge in [-0.3, -0.25) is 13.9 Å². The van der Waals surface area contributed by atoms with E-state index < -0.39 is 0 Å². The lowest BCUT2D eigenvalue weighted by Crippen LogP contribution is -2.41.